The van der Waals surface area contributed by atoms with Crippen LogP contribution in [0.1, 0.15) is 26.7 Å². The van der Waals surface area contributed by atoms with Gasteiger partial charge in [0.2, 0.25) is 5.75 Å². The highest BCUT2D eigenvalue weighted by atomic mass is 16.5. The summed E-state index contributed by atoms with van der Waals surface area (Å²) in [5.74, 6) is 2.49. The third-order valence-corrected chi connectivity index (χ3v) is 3.41. The molecule has 2 unspecified atom stereocenters. The van der Waals surface area contributed by atoms with E-state index in [4.69, 9.17) is 10.5 Å². The third kappa shape index (κ3) is 2.28. The molecule has 1 aliphatic heterocycles. The first kappa shape index (κ1) is 12.0. The zero-order valence-electron chi connectivity index (χ0n) is 10.7. The minimum atomic E-state index is 0.405. The molecule has 0 bridgehead atoms. The van der Waals surface area contributed by atoms with E-state index < -0.39 is 0 Å². The predicted octanol–water partition coefficient (Wildman–Crippen LogP) is 1.69. The van der Waals surface area contributed by atoms with E-state index in [1.807, 2.05) is 0 Å². The lowest BCUT2D eigenvalue weighted by Crippen LogP contribution is -2.41. The van der Waals surface area contributed by atoms with E-state index in [9.17, 15) is 0 Å². The first-order valence-electron chi connectivity index (χ1n) is 6.04. The predicted molar refractivity (Wildman–Crippen MR) is 68.2 cm³/mol. The topological polar surface area (TPSA) is 64.3 Å². The summed E-state index contributed by atoms with van der Waals surface area (Å²) in [4.78, 5) is 10.6. The van der Waals surface area contributed by atoms with Gasteiger partial charge in [-0.1, -0.05) is 6.92 Å². The van der Waals surface area contributed by atoms with Gasteiger partial charge in [-0.25, -0.2) is 9.97 Å². The van der Waals surface area contributed by atoms with E-state index in [1.54, 1.807) is 7.11 Å². The number of hydrogen-bond donors (Lipinski definition) is 1. The van der Waals surface area contributed by atoms with Crippen molar-refractivity contribution in [3.05, 3.63) is 6.33 Å². The van der Waals surface area contributed by atoms with Gasteiger partial charge in [-0.05, 0) is 25.7 Å². The van der Waals surface area contributed by atoms with Crippen LogP contribution in [-0.4, -0.2) is 29.7 Å². The van der Waals surface area contributed by atoms with Gasteiger partial charge >= 0.3 is 0 Å². The average Bonchev–Trinajstić information content (AvgIpc) is 2.32. The molecule has 1 aromatic rings. The first-order chi connectivity index (χ1) is 8.13. The van der Waals surface area contributed by atoms with Crippen LogP contribution in [0.15, 0.2) is 6.33 Å². The molecule has 17 heavy (non-hydrogen) atoms. The van der Waals surface area contributed by atoms with Crippen molar-refractivity contribution in [2.45, 2.75) is 32.7 Å². The number of anilines is 2. The van der Waals surface area contributed by atoms with Crippen LogP contribution < -0.4 is 15.4 Å². The number of nitrogen functional groups attached to an aromatic ring is 1. The van der Waals surface area contributed by atoms with Crippen LogP contribution in [0, 0.1) is 5.92 Å². The molecule has 2 heterocycles. The quantitative estimate of drug-likeness (QED) is 0.846. The number of ether oxygens (including phenoxy) is 1. The van der Waals surface area contributed by atoms with Crippen LogP contribution in [0.5, 0.6) is 5.75 Å². The molecule has 0 aliphatic carbocycles. The Balaban J connectivity index is 2.35. The lowest BCUT2D eigenvalue weighted by Gasteiger charge is -2.38. The molecule has 0 spiro atoms. The standard InChI is InChI=1S/C12H20N4O/c1-8-4-5-9(2)16(6-8)12-10(17-3)11(13)14-7-15-12/h7-9H,4-6H2,1-3H3,(H2,13,14,15). The van der Waals surface area contributed by atoms with Gasteiger partial charge in [0, 0.05) is 12.6 Å². The smallest absolute Gasteiger partial charge is 0.204 e. The van der Waals surface area contributed by atoms with Crippen molar-refractivity contribution in [1.29, 1.82) is 0 Å². The number of piperidine rings is 1. The molecule has 1 fully saturated rings. The van der Waals surface area contributed by atoms with E-state index >= 15 is 0 Å². The Morgan fingerprint density at radius 2 is 2.12 bits per heavy atom. The van der Waals surface area contributed by atoms with Gasteiger partial charge < -0.3 is 15.4 Å². The Bertz CT molecular complexity index is 396. The van der Waals surface area contributed by atoms with E-state index in [2.05, 4.69) is 28.7 Å². The van der Waals surface area contributed by atoms with Gasteiger partial charge in [-0.15, -0.1) is 0 Å². The third-order valence-electron chi connectivity index (χ3n) is 3.41. The largest absolute Gasteiger partial charge is 0.490 e. The molecule has 2 rings (SSSR count). The highest BCUT2D eigenvalue weighted by molar-refractivity contribution is 5.63. The highest BCUT2D eigenvalue weighted by Crippen LogP contribution is 2.34. The van der Waals surface area contributed by atoms with Gasteiger partial charge in [-0.3, -0.25) is 0 Å². The van der Waals surface area contributed by atoms with E-state index in [0.29, 0.717) is 23.5 Å². The van der Waals surface area contributed by atoms with Crippen molar-refractivity contribution < 1.29 is 4.74 Å². The van der Waals surface area contributed by atoms with Gasteiger partial charge in [0.15, 0.2) is 11.6 Å². The van der Waals surface area contributed by atoms with Gasteiger partial charge in [-0.2, -0.15) is 0 Å². The number of methoxy groups -OCH3 is 1. The maximum atomic E-state index is 5.82. The second kappa shape index (κ2) is 4.77. The van der Waals surface area contributed by atoms with Crippen LogP contribution in [0.3, 0.4) is 0 Å². The summed E-state index contributed by atoms with van der Waals surface area (Å²) >= 11 is 0. The van der Waals surface area contributed by atoms with Crippen molar-refractivity contribution in [2.24, 2.45) is 5.92 Å². The van der Waals surface area contributed by atoms with Crippen LogP contribution in [-0.2, 0) is 0 Å². The fourth-order valence-electron chi connectivity index (χ4n) is 2.36. The van der Waals surface area contributed by atoms with Crippen LogP contribution in [0.4, 0.5) is 11.6 Å². The minimum Gasteiger partial charge on any atom is -0.490 e. The number of aromatic nitrogens is 2. The van der Waals surface area contributed by atoms with Gasteiger partial charge in [0.25, 0.3) is 0 Å². The summed E-state index contributed by atoms with van der Waals surface area (Å²) in [6.45, 7) is 5.47. The van der Waals surface area contributed by atoms with Crippen LogP contribution in [0.25, 0.3) is 0 Å². The zero-order valence-corrected chi connectivity index (χ0v) is 10.7. The van der Waals surface area contributed by atoms with E-state index in [0.717, 1.165) is 12.4 Å². The normalized spacial score (nSPS) is 24.8. The second-order valence-corrected chi connectivity index (χ2v) is 4.80. The molecular weight excluding hydrogens is 216 g/mol. The Labute approximate surface area is 102 Å². The molecule has 94 valence electrons. The molecule has 0 saturated carbocycles. The van der Waals surface area contributed by atoms with Crippen LogP contribution >= 0.6 is 0 Å². The summed E-state index contributed by atoms with van der Waals surface area (Å²) in [5, 5.41) is 0. The lowest BCUT2D eigenvalue weighted by molar-refractivity contribution is 0.373. The molecule has 1 saturated heterocycles. The number of nitrogens with two attached hydrogens (primary N) is 1. The molecule has 2 atom stereocenters. The molecule has 5 nitrogen and oxygen atoms in total. The maximum Gasteiger partial charge on any atom is 0.204 e. The summed E-state index contributed by atoms with van der Waals surface area (Å²) < 4.78 is 5.32. The Morgan fingerprint density at radius 3 is 2.82 bits per heavy atom. The Morgan fingerprint density at radius 1 is 1.35 bits per heavy atom. The molecular formula is C12H20N4O. The summed E-state index contributed by atoms with van der Waals surface area (Å²) in [6, 6.07) is 0.467. The fourth-order valence-corrected chi connectivity index (χ4v) is 2.36. The zero-order chi connectivity index (χ0) is 12.4. The Kier molecular flexibility index (Phi) is 3.36. The molecule has 1 aliphatic rings. The number of hydrogen-bond acceptors (Lipinski definition) is 5. The number of rotatable bonds is 2. The van der Waals surface area contributed by atoms with Crippen molar-refractivity contribution >= 4 is 11.6 Å². The molecule has 0 amide bonds. The van der Waals surface area contributed by atoms with E-state index in [-0.39, 0.29) is 0 Å². The molecule has 2 N–H and O–H groups in total. The minimum absolute atomic E-state index is 0.405. The monoisotopic (exact) mass is 236 g/mol. The molecule has 0 aromatic carbocycles. The van der Waals surface area contributed by atoms with Gasteiger partial charge in [0.1, 0.15) is 6.33 Å². The highest BCUT2D eigenvalue weighted by Gasteiger charge is 2.27. The maximum absolute atomic E-state index is 5.82. The van der Waals surface area contributed by atoms with Crippen LogP contribution in [0.2, 0.25) is 0 Å². The van der Waals surface area contributed by atoms with E-state index in [1.165, 1.54) is 19.2 Å². The second-order valence-electron chi connectivity index (χ2n) is 4.80. The van der Waals surface area contributed by atoms with Crippen molar-refractivity contribution in [3.8, 4) is 5.75 Å². The van der Waals surface area contributed by atoms with Crippen molar-refractivity contribution in [3.63, 3.8) is 0 Å². The molecule has 5 heteroatoms. The van der Waals surface area contributed by atoms with Crippen molar-refractivity contribution in [2.75, 3.05) is 24.3 Å². The fraction of sp³-hybridized carbons (Fsp3) is 0.667. The summed E-state index contributed by atoms with van der Waals surface area (Å²) in [5.41, 5.74) is 5.82. The first-order valence-corrected chi connectivity index (χ1v) is 6.04. The SMILES string of the molecule is COc1c(N)ncnc1N1CC(C)CCC1C. The summed E-state index contributed by atoms with van der Waals surface area (Å²) in [6.07, 6.45) is 3.94. The van der Waals surface area contributed by atoms with Gasteiger partial charge in [0.05, 0.1) is 7.11 Å². The Hall–Kier alpha value is -1.52. The molecule has 0 radical (unpaired) electrons. The lowest BCUT2D eigenvalue weighted by atomic mass is 9.95. The van der Waals surface area contributed by atoms with Crippen molar-refractivity contribution in [1.82, 2.24) is 9.97 Å². The summed E-state index contributed by atoms with van der Waals surface area (Å²) in [7, 11) is 1.61. The average molecular weight is 236 g/mol. The molecule has 1 aromatic heterocycles. The number of nitrogens with zero attached hydrogens (tertiary/aromatic N) is 3.